The Hall–Kier alpha value is -1.72. The molecule has 0 aliphatic carbocycles. The van der Waals surface area contributed by atoms with Gasteiger partial charge in [0.2, 0.25) is 0 Å². The lowest BCUT2D eigenvalue weighted by atomic mass is 10.2. The van der Waals surface area contributed by atoms with Crippen LogP contribution in [-0.2, 0) is 11.4 Å². The van der Waals surface area contributed by atoms with E-state index in [2.05, 4.69) is 9.82 Å². The third kappa shape index (κ3) is 2.03. The molecule has 2 aromatic rings. The van der Waals surface area contributed by atoms with Crippen LogP contribution in [0.4, 0.5) is 4.39 Å². The van der Waals surface area contributed by atoms with Crippen molar-refractivity contribution in [1.29, 1.82) is 0 Å². The van der Waals surface area contributed by atoms with Crippen molar-refractivity contribution in [3.8, 4) is 5.69 Å². The van der Waals surface area contributed by atoms with E-state index in [1.165, 1.54) is 12.4 Å². The van der Waals surface area contributed by atoms with Crippen LogP contribution in [0.15, 0.2) is 36.9 Å². The van der Waals surface area contributed by atoms with Crippen molar-refractivity contribution in [1.82, 2.24) is 9.55 Å². The topological polar surface area (TPSA) is 53.1 Å². The van der Waals surface area contributed by atoms with Gasteiger partial charge in [-0.2, -0.15) is 0 Å². The lowest BCUT2D eigenvalue weighted by molar-refractivity contribution is 0.124. The predicted molar refractivity (Wildman–Crippen MR) is 52.5 cm³/mol. The first-order valence-corrected chi connectivity index (χ1v) is 4.39. The largest absolute Gasteiger partial charge is 0.303 e. The Labute approximate surface area is 86.1 Å². The van der Waals surface area contributed by atoms with Gasteiger partial charge in [-0.15, -0.1) is 0 Å². The second-order valence-corrected chi connectivity index (χ2v) is 3.07. The van der Waals surface area contributed by atoms with E-state index in [9.17, 15) is 4.39 Å². The molecule has 2 N–H and O–H groups in total. The minimum absolute atomic E-state index is 0.196. The number of imidazole rings is 1. The summed E-state index contributed by atoms with van der Waals surface area (Å²) in [7, 11) is 0. The quantitative estimate of drug-likeness (QED) is 0.774. The molecule has 0 atom stereocenters. The Morgan fingerprint density at radius 2 is 2.33 bits per heavy atom. The molecule has 0 aliphatic heterocycles. The molecule has 0 bridgehead atoms. The zero-order chi connectivity index (χ0) is 10.7. The van der Waals surface area contributed by atoms with Crippen LogP contribution in [-0.4, -0.2) is 9.55 Å². The van der Waals surface area contributed by atoms with E-state index in [0.717, 1.165) is 0 Å². The highest BCUT2D eigenvalue weighted by atomic mass is 19.1. The Morgan fingerprint density at radius 1 is 1.47 bits per heavy atom. The summed E-state index contributed by atoms with van der Waals surface area (Å²) >= 11 is 0. The van der Waals surface area contributed by atoms with Crippen LogP contribution < -0.4 is 5.90 Å². The third-order valence-corrected chi connectivity index (χ3v) is 2.04. The molecule has 1 aromatic carbocycles. The summed E-state index contributed by atoms with van der Waals surface area (Å²) in [5, 5.41) is 0. The predicted octanol–water partition coefficient (Wildman–Crippen LogP) is 1.40. The monoisotopic (exact) mass is 207 g/mol. The summed E-state index contributed by atoms with van der Waals surface area (Å²) in [6.07, 6.45) is 4.81. The van der Waals surface area contributed by atoms with E-state index in [0.29, 0.717) is 11.3 Å². The van der Waals surface area contributed by atoms with Crippen LogP contribution in [0.5, 0.6) is 0 Å². The third-order valence-electron chi connectivity index (χ3n) is 2.04. The molecule has 2 rings (SSSR count). The maximum Gasteiger partial charge on any atom is 0.147 e. The van der Waals surface area contributed by atoms with Gasteiger partial charge in [-0.1, -0.05) is 6.07 Å². The number of nitrogens with zero attached hydrogens (tertiary/aromatic N) is 2. The highest BCUT2D eigenvalue weighted by molar-refractivity contribution is 5.36. The molecule has 0 saturated heterocycles. The highest BCUT2D eigenvalue weighted by Crippen LogP contribution is 2.15. The van der Waals surface area contributed by atoms with Gasteiger partial charge < -0.3 is 4.57 Å². The van der Waals surface area contributed by atoms with E-state index >= 15 is 0 Å². The van der Waals surface area contributed by atoms with Crippen molar-refractivity contribution in [3.63, 3.8) is 0 Å². The van der Waals surface area contributed by atoms with Crippen molar-refractivity contribution in [3.05, 3.63) is 48.3 Å². The lowest BCUT2D eigenvalue weighted by Crippen LogP contribution is -2.01. The fraction of sp³-hybridized carbons (Fsp3) is 0.100. The minimum Gasteiger partial charge on any atom is -0.303 e. The highest BCUT2D eigenvalue weighted by Gasteiger charge is 2.04. The van der Waals surface area contributed by atoms with Gasteiger partial charge in [-0.05, 0) is 17.7 Å². The molecule has 5 heteroatoms. The molecule has 0 radical (unpaired) electrons. The molecule has 1 heterocycles. The summed E-state index contributed by atoms with van der Waals surface area (Å²) < 4.78 is 15.2. The Balaban J connectivity index is 2.35. The Bertz CT molecular complexity index is 442. The number of hydrogen-bond acceptors (Lipinski definition) is 3. The van der Waals surface area contributed by atoms with Gasteiger partial charge in [0.15, 0.2) is 0 Å². The molecule has 15 heavy (non-hydrogen) atoms. The van der Waals surface area contributed by atoms with Crippen LogP contribution in [0.25, 0.3) is 5.69 Å². The average Bonchev–Trinajstić information content (AvgIpc) is 2.71. The number of aromatic nitrogens is 2. The van der Waals surface area contributed by atoms with Gasteiger partial charge in [0.25, 0.3) is 0 Å². The second kappa shape index (κ2) is 4.20. The number of nitrogens with two attached hydrogens (primary N) is 1. The summed E-state index contributed by atoms with van der Waals surface area (Å²) in [5.74, 6) is 4.57. The molecule has 0 unspecified atom stereocenters. The molecule has 78 valence electrons. The van der Waals surface area contributed by atoms with Crippen LogP contribution in [0.2, 0.25) is 0 Å². The number of benzene rings is 1. The van der Waals surface area contributed by atoms with Crippen molar-refractivity contribution in [2.45, 2.75) is 6.61 Å². The Kier molecular flexibility index (Phi) is 2.75. The first-order chi connectivity index (χ1) is 7.31. The number of hydrogen-bond donors (Lipinski definition) is 1. The van der Waals surface area contributed by atoms with Crippen LogP contribution in [0.3, 0.4) is 0 Å². The fourth-order valence-electron chi connectivity index (χ4n) is 1.35. The molecule has 0 saturated carbocycles. The summed E-state index contributed by atoms with van der Waals surface area (Å²) in [4.78, 5) is 8.28. The second-order valence-electron chi connectivity index (χ2n) is 3.07. The van der Waals surface area contributed by atoms with Crippen LogP contribution >= 0.6 is 0 Å². The van der Waals surface area contributed by atoms with Gasteiger partial charge in [0, 0.05) is 12.4 Å². The van der Waals surface area contributed by atoms with Crippen molar-refractivity contribution in [2.75, 3.05) is 0 Å². The maximum atomic E-state index is 13.6. The van der Waals surface area contributed by atoms with E-state index in [4.69, 9.17) is 5.90 Å². The van der Waals surface area contributed by atoms with Crippen molar-refractivity contribution in [2.24, 2.45) is 5.90 Å². The van der Waals surface area contributed by atoms with E-state index in [1.54, 1.807) is 29.1 Å². The van der Waals surface area contributed by atoms with E-state index in [-0.39, 0.29) is 12.4 Å². The zero-order valence-corrected chi connectivity index (χ0v) is 7.93. The molecule has 0 spiro atoms. The van der Waals surface area contributed by atoms with Gasteiger partial charge in [0.05, 0.1) is 18.6 Å². The fourth-order valence-corrected chi connectivity index (χ4v) is 1.35. The van der Waals surface area contributed by atoms with Crippen LogP contribution in [0, 0.1) is 5.82 Å². The number of rotatable bonds is 3. The van der Waals surface area contributed by atoms with E-state index in [1.807, 2.05) is 0 Å². The minimum atomic E-state index is -0.331. The SMILES string of the molecule is NOCc1ccc(-n2ccnc2)c(F)c1. The van der Waals surface area contributed by atoms with Gasteiger partial charge in [-0.25, -0.2) is 15.3 Å². The number of halogens is 1. The standard InChI is InChI=1S/C10H10FN3O/c11-9-5-8(6-15-12)1-2-10(9)14-4-3-13-7-14/h1-5,7H,6,12H2. The van der Waals surface area contributed by atoms with Gasteiger partial charge >= 0.3 is 0 Å². The smallest absolute Gasteiger partial charge is 0.147 e. The molecule has 0 fully saturated rings. The molecule has 1 aromatic heterocycles. The van der Waals surface area contributed by atoms with Crippen LogP contribution in [0.1, 0.15) is 5.56 Å². The lowest BCUT2D eigenvalue weighted by Gasteiger charge is -2.05. The molecule has 0 aliphatic rings. The van der Waals surface area contributed by atoms with Crippen molar-refractivity contribution < 1.29 is 9.23 Å². The molecular weight excluding hydrogens is 197 g/mol. The first kappa shape index (κ1) is 9.82. The average molecular weight is 207 g/mol. The maximum absolute atomic E-state index is 13.6. The zero-order valence-electron chi connectivity index (χ0n) is 7.93. The van der Waals surface area contributed by atoms with Gasteiger partial charge in [-0.3, -0.25) is 4.84 Å². The Morgan fingerprint density at radius 3 is 2.93 bits per heavy atom. The van der Waals surface area contributed by atoms with Crippen molar-refractivity contribution >= 4 is 0 Å². The van der Waals surface area contributed by atoms with E-state index < -0.39 is 0 Å². The van der Waals surface area contributed by atoms with Gasteiger partial charge in [0.1, 0.15) is 5.82 Å². The summed E-state index contributed by atoms with van der Waals surface area (Å²) in [6.45, 7) is 0.196. The molecular formula is C10H10FN3O. The normalized spacial score (nSPS) is 10.5. The summed E-state index contributed by atoms with van der Waals surface area (Å²) in [6, 6.07) is 4.80. The molecule has 0 amide bonds. The summed E-state index contributed by atoms with van der Waals surface area (Å²) in [5.41, 5.74) is 1.15. The molecule has 4 nitrogen and oxygen atoms in total. The first-order valence-electron chi connectivity index (χ1n) is 4.39.